The van der Waals surface area contributed by atoms with Crippen LogP contribution in [-0.4, -0.2) is 34.9 Å². The van der Waals surface area contributed by atoms with Crippen LogP contribution in [0.1, 0.15) is 22.3 Å². The second kappa shape index (κ2) is 7.78. The molecular weight excluding hydrogens is 514 g/mol. The lowest BCUT2D eigenvalue weighted by molar-refractivity contribution is -0.376. The van der Waals surface area contributed by atoms with Crippen molar-refractivity contribution < 1.29 is 62.9 Å². The summed E-state index contributed by atoms with van der Waals surface area (Å²) in [6, 6.07) is 2.67. The number of aliphatic hydroxyl groups is 2. The van der Waals surface area contributed by atoms with Crippen LogP contribution < -0.4 is 5.32 Å². The standard InChI is InChI=1S/C20H11F12NO2/c21-17(22,23)15(34,18(24,25)26)11-3-5-13-9(7-11)1-2-10-8-12(4-6-14(10)33-13)16(35,19(27,28)29)20(30,31)32/h1-8,33-35H. The maximum atomic E-state index is 13.2. The highest BCUT2D eigenvalue weighted by Crippen LogP contribution is 2.52. The van der Waals surface area contributed by atoms with Crippen LogP contribution in [0.15, 0.2) is 36.4 Å². The Morgan fingerprint density at radius 2 is 0.771 bits per heavy atom. The summed E-state index contributed by atoms with van der Waals surface area (Å²) in [5.74, 6) is 0. The number of hydrogen-bond donors (Lipinski definition) is 3. The van der Waals surface area contributed by atoms with Gasteiger partial charge in [0.05, 0.1) is 0 Å². The van der Waals surface area contributed by atoms with E-state index in [2.05, 4.69) is 5.32 Å². The summed E-state index contributed by atoms with van der Waals surface area (Å²) in [6.45, 7) is 0. The zero-order valence-corrected chi connectivity index (χ0v) is 16.5. The zero-order valence-electron chi connectivity index (χ0n) is 16.5. The number of hydrogen-bond acceptors (Lipinski definition) is 3. The van der Waals surface area contributed by atoms with Crippen LogP contribution in [0.4, 0.5) is 64.1 Å². The van der Waals surface area contributed by atoms with E-state index in [1.165, 1.54) is 0 Å². The second-order valence-corrected chi connectivity index (χ2v) is 7.47. The molecule has 2 aromatic rings. The van der Waals surface area contributed by atoms with Gasteiger partial charge in [0.25, 0.3) is 11.2 Å². The third-order valence-corrected chi connectivity index (χ3v) is 5.29. The topological polar surface area (TPSA) is 52.5 Å². The van der Waals surface area contributed by atoms with Crippen molar-refractivity contribution in [2.45, 2.75) is 35.9 Å². The van der Waals surface area contributed by atoms with Crippen molar-refractivity contribution in [2.75, 3.05) is 5.32 Å². The van der Waals surface area contributed by atoms with Crippen molar-refractivity contribution in [2.24, 2.45) is 0 Å². The molecule has 15 heteroatoms. The molecule has 0 radical (unpaired) electrons. The van der Waals surface area contributed by atoms with Gasteiger partial charge in [-0.2, -0.15) is 52.7 Å². The van der Waals surface area contributed by atoms with Crippen LogP contribution in [-0.2, 0) is 11.2 Å². The van der Waals surface area contributed by atoms with Crippen molar-refractivity contribution >= 4 is 23.5 Å². The van der Waals surface area contributed by atoms with E-state index in [0.29, 0.717) is 36.4 Å². The van der Waals surface area contributed by atoms with E-state index in [1.807, 2.05) is 0 Å². The van der Waals surface area contributed by atoms with E-state index in [0.717, 1.165) is 12.2 Å². The Hall–Kier alpha value is -2.94. The van der Waals surface area contributed by atoms with Crippen molar-refractivity contribution in [3.05, 3.63) is 58.7 Å². The molecule has 0 unspecified atom stereocenters. The third-order valence-electron chi connectivity index (χ3n) is 5.29. The first-order valence-corrected chi connectivity index (χ1v) is 9.10. The summed E-state index contributed by atoms with van der Waals surface area (Å²) >= 11 is 0. The minimum absolute atomic E-state index is 0.176. The van der Waals surface area contributed by atoms with Crippen LogP contribution in [0.5, 0.6) is 0 Å². The SMILES string of the molecule is OC(c1ccc2c(c1)C=Cc1cc(C(O)(C(F)(F)F)C(F)(F)F)ccc1N2)(C(F)(F)F)C(F)(F)F. The van der Waals surface area contributed by atoms with Gasteiger partial charge < -0.3 is 15.5 Å². The Bertz CT molecular complexity index is 1040. The van der Waals surface area contributed by atoms with E-state index in [4.69, 9.17) is 0 Å². The van der Waals surface area contributed by atoms with Gasteiger partial charge in [-0.1, -0.05) is 24.3 Å². The molecule has 0 aliphatic carbocycles. The largest absolute Gasteiger partial charge is 0.430 e. The summed E-state index contributed by atoms with van der Waals surface area (Å²) in [4.78, 5) is 0. The van der Waals surface area contributed by atoms with Gasteiger partial charge in [0.2, 0.25) is 0 Å². The molecule has 35 heavy (non-hydrogen) atoms. The Balaban J connectivity index is 2.13. The quantitative estimate of drug-likeness (QED) is 0.333. The van der Waals surface area contributed by atoms with Crippen molar-refractivity contribution in [3.63, 3.8) is 0 Å². The van der Waals surface area contributed by atoms with Gasteiger partial charge >= 0.3 is 24.7 Å². The molecule has 0 aromatic heterocycles. The number of alkyl halides is 12. The lowest BCUT2D eigenvalue weighted by Gasteiger charge is -2.33. The molecule has 0 amide bonds. The highest BCUT2D eigenvalue weighted by Gasteiger charge is 2.72. The number of nitrogens with one attached hydrogen (secondary N) is 1. The number of halogens is 12. The van der Waals surface area contributed by atoms with Gasteiger partial charge in [-0.05, 0) is 35.4 Å². The van der Waals surface area contributed by atoms with E-state index in [1.54, 1.807) is 0 Å². The smallest absolute Gasteiger partial charge is 0.369 e. The Kier molecular flexibility index (Phi) is 5.93. The predicted octanol–water partition coefficient (Wildman–Crippen LogP) is 6.54. The monoisotopic (exact) mass is 525 g/mol. The first-order chi connectivity index (χ1) is 15.6. The van der Waals surface area contributed by atoms with E-state index in [-0.39, 0.29) is 11.4 Å². The van der Waals surface area contributed by atoms with Crippen molar-refractivity contribution in [3.8, 4) is 0 Å². The predicted molar refractivity (Wildman–Crippen MR) is 97.1 cm³/mol. The summed E-state index contributed by atoms with van der Waals surface area (Å²) in [6.07, 6.45) is -23.1. The first kappa shape index (κ1) is 26.7. The summed E-state index contributed by atoms with van der Waals surface area (Å²) in [5, 5.41) is 21.6. The number of rotatable bonds is 2. The van der Waals surface area contributed by atoms with Gasteiger partial charge in [-0.15, -0.1) is 0 Å². The molecular formula is C20H11F12NO2. The number of anilines is 2. The highest BCUT2D eigenvalue weighted by molar-refractivity contribution is 5.88. The third kappa shape index (κ3) is 4.09. The Morgan fingerprint density at radius 3 is 1.03 bits per heavy atom. The van der Waals surface area contributed by atoms with E-state index >= 15 is 0 Å². The fraction of sp³-hybridized carbons (Fsp3) is 0.300. The molecule has 0 atom stereocenters. The normalized spacial score (nSPS) is 15.3. The van der Waals surface area contributed by atoms with Gasteiger partial charge in [-0.3, -0.25) is 0 Å². The molecule has 0 saturated carbocycles. The lowest BCUT2D eigenvalue weighted by Crippen LogP contribution is -2.53. The molecule has 3 nitrogen and oxygen atoms in total. The number of benzene rings is 2. The maximum absolute atomic E-state index is 13.2. The van der Waals surface area contributed by atoms with Gasteiger partial charge in [0, 0.05) is 22.5 Å². The summed E-state index contributed by atoms with van der Waals surface area (Å²) in [5.41, 5.74) is -14.9. The van der Waals surface area contributed by atoms with Crippen molar-refractivity contribution in [1.29, 1.82) is 0 Å². The van der Waals surface area contributed by atoms with Crippen LogP contribution in [0, 0.1) is 0 Å². The van der Waals surface area contributed by atoms with E-state index in [9.17, 15) is 62.9 Å². The lowest BCUT2D eigenvalue weighted by atomic mass is 9.90. The average Bonchev–Trinajstić information content (AvgIpc) is 2.87. The van der Waals surface area contributed by atoms with Gasteiger partial charge in [0.15, 0.2) is 0 Å². The molecule has 0 saturated heterocycles. The molecule has 192 valence electrons. The molecule has 1 aliphatic heterocycles. The molecule has 2 aromatic carbocycles. The number of fused-ring (bicyclic) bond motifs is 2. The van der Waals surface area contributed by atoms with Gasteiger partial charge in [0.1, 0.15) is 0 Å². The maximum Gasteiger partial charge on any atom is 0.430 e. The molecule has 0 bridgehead atoms. The Labute approximate surface area is 187 Å². The Morgan fingerprint density at radius 1 is 0.486 bits per heavy atom. The van der Waals surface area contributed by atoms with Gasteiger partial charge in [-0.25, -0.2) is 0 Å². The minimum Gasteiger partial charge on any atom is -0.369 e. The molecule has 3 rings (SSSR count). The molecule has 3 N–H and O–H groups in total. The van der Waals surface area contributed by atoms with Crippen LogP contribution >= 0.6 is 0 Å². The summed E-state index contributed by atoms with van der Waals surface area (Å²) in [7, 11) is 0. The summed E-state index contributed by atoms with van der Waals surface area (Å²) < 4.78 is 158. The average molecular weight is 525 g/mol. The molecule has 1 heterocycles. The second-order valence-electron chi connectivity index (χ2n) is 7.47. The fourth-order valence-electron chi connectivity index (χ4n) is 3.38. The van der Waals surface area contributed by atoms with Crippen LogP contribution in [0.3, 0.4) is 0 Å². The molecule has 0 fully saturated rings. The van der Waals surface area contributed by atoms with Crippen molar-refractivity contribution in [1.82, 2.24) is 0 Å². The zero-order chi connectivity index (χ0) is 26.8. The highest BCUT2D eigenvalue weighted by atomic mass is 19.4. The van der Waals surface area contributed by atoms with Crippen LogP contribution in [0.2, 0.25) is 0 Å². The minimum atomic E-state index is -6.18. The van der Waals surface area contributed by atoms with Crippen LogP contribution in [0.25, 0.3) is 12.2 Å². The molecule has 1 aliphatic rings. The molecule has 0 spiro atoms. The first-order valence-electron chi connectivity index (χ1n) is 9.10. The fourth-order valence-corrected chi connectivity index (χ4v) is 3.38. The van der Waals surface area contributed by atoms with E-state index < -0.39 is 58.2 Å².